The summed E-state index contributed by atoms with van der Waals surface area (Å²) in [6.45, 7) is 9.06. The molecule has 0 aromatic carbocycles. The molecule has 120 valence electrons. The molecule has 0 heterocycles. The molecule has 0 spiro atoms. The number of hydrogen-bond donors (Lipinski definition) is 0. The second-order valence-electron chi connectivity index (χ2n) is 5.82. The van der Waals surface area contributed by atoms with Crippen LogP contribution in [-0.2, 0) is 23.3 Å². The number of rotatable bonds is 6. The molecule has 0 amide bonds. The van der Waals surface area contributed by atoms with Crippen LogP contribution >= 0.6 is 0 Å². The normalized spacial score (nSPS) is 14.6. The van der Waals surface area contributed by atoms with Gasteiger partial charge in [-0.15, -0.1) is 12.8 Å². The van der Waals surface area contributed by atoms with Gasteiger partial charge in [0, 0.05) is 0 Å². The van der Waals surface area contributed by atoms with Crippen LogP contribution in [0.25, 0.3) is 0 Å². The second-order valence-corrected chi connectivity index (χ2v) is 15.2. The minimum absolute atomic E-state index is 0.210. The number of unbranched alkanes of at least 4 members (excludes halogenated alkanes) is 2. The molecule has 0 nitrogen and oxygen atoms in total. The monoisotopic (exact) mass is 390 g/mol. The van der Waals surface area contributed by atoms with Crippen LogP contribution in [0.3, 0.4) is 0 Å². The molecule has 0 bridgehead atoms. The van der Waals surface area contributed by atoms with Gasteiger partial charge in [0.15, 0.2) is 0 Å². The summed E-state index contributed by atoms with van der Waals surface area (Å²) in [5.74, 6) is 0. The molecule has 0 N–H and O–H groups in total. The van der Waals surface area contributed by atoms with Gasteiger partial charge in [-0.25, -0.2) is 23.3 Å². The quantitative estimate of drug-likeness (QED) is 0.357. The summed E-state index contributed by atoms with van der Waals surface area (Å²) in [7, 11) is 0. The summed E-state index contributed by atoms with van der Waals surface area (Å²) in [5, 5.41) is 0. The molecule has 2 rings (SSSR count). The van der Waals surface area contributed by atoms with Gasteiger partial charge in [0.1, 0.15) is 0 Å². The van der Waals surface area contributed by atoms with Crippen molar-refractivity contribution >= 4 is 5.43 Å². The summed E-state index contributed by atoms with van der Waals surface area (Å²) in [6.07, 6.45) is 25.1. The zero-order chi connectivity index (χ0) is 16.6. The van der Waals surface area contributed by atoms with Crippen molar-refractivity contribution in [3.63, 3.8) is 0 Å². The second kappa shape index (κ2) is 15.9. The molecular formula is C20H32SiZr. The maximum absolute atomic E-state index is 3.30. The summed E-state index contributed by atoms with van der Waals surface area (Å²) in [6, 6.07) is 0. The van der Waals surface area contributed by atoms with E-state index in [4.69, 9.17) is 0 Å². The third kappa shape index (κ3) is 15.0. The summed E-state index contributed by atoms with van der Waals surface area (Å²) in [5.41, 5.74) is 3.04. The summed E-state index contributed by atoms with van der Waals surface area (Å²) >= 11 is 1.74. The van der Waals surface area contributed by atoms with E-state index in [1.807, 2.05) is 0 Å². The van der Waals surface area contributed by atoms with Gasteiger partial charge in [0.2, 0.25) is 0 Å². The minimum atomic E-state index is 0.210. The van der Waals surface area contributed by atoms with Gasteiger partial charge in [-0.1, -0.05) is 52.4 Å². The van der Waals surface area contributed by atoms with Crippen LogP contribution in [0.5, 0.6) is 0 Å². The van der Waals surface area contributed by atoms with E-state index in [0.717, 1.165) is 12.8 Å². The van der Waals surface area contributed by atoms with E-state index in [1.165, 1.54) is 49.7 Å². The number of hydrogen-bond acceptors (Lipinski definition) is 0. The van der Waals surface area contributed by atoms with Gasteiger partial charge >= 0.3 is 41.9 Å². The van der Waals surface area contributed by atoms with Crippen LogP contribution in [-0.4, -0.2) is 5.43 Å². The Kier molecular flexibility index (Phi) is 16.0. The average Bonchev–Trinajstić information content (AvgIpc) is 3.16. The Bertz CT molecular complexity index is 375. The molecule has 0 unspecified atom stereocenters. The Labute approximate surface area is 154 Å². The molecule has 2 aliphatic rings. The third-order valence-corrected chi connectivity index (χ3v) is 3.13. The first kappa shape index (κ1) is 22.1. The van der Waals surface area contributed by atoms with E-state index in [-0.39, 0.29) is 5.43 Å². The van der Waals surface area contributed by atoms with Gasteiger partial charge in [-0.3, -0.25) is 12.2 Å². The van der Waals surface area contributed by atoms with Gasteiger partial charge in [-0.05, 0) is 0 Å². The fraction of sp³-hybridized carbons (Fsp3) is 0.600. The van der Waals surface area contributed by atoms with Crippen molar-refractivity contribution in [1.29, 1.82) is 0 Å². The van der Waals surface area contributed by atoms with Gasteiger partial charge < -0.3 is 0 Å². The SMILES string of the molecule is CCCCC1=[C-]CC=C1.CCCCC1=[C-]CC=C1.C[Si](C)=[Zr+2]. The third-order valence-electron chi connectivity index (χ3n) is 3.13. The van der Waals surface area contributed by atoms with Crippen molar-refractivity contribution in [2.75, 3.05) is 0 Å². The van der Waals surface area contributed by atoms with Crippen LogP contribution in [0.4, 0.5) is 0 Å². The average molecular weight is 392 g/mol. The van der Waals surface area contributed by atoms with Gasteiger partial charge in [0.25, 0.3) is 0 Å². The van der Waals surface area contributed by atoms with E-state index in [2.05, 4.69) is 63.4 Å². The van der Waals surface area contributed by atoms with Crippen molar-refractivity contribution in [3.05, 3.63) is 47.6 Å². The van der Waals surface area contributed by atoms with Crippen molar-refractivity contribution in [1.82, 2.24) is 0 Å². The van der Waals surface area contributed by atoms with E-state index in [1.54, 1.807) is 23.3 Å². The first-order valence-corrected chi connectivity index (χ1v) is 14.8. The number of allylic oxidation sites excluding steroid dienone is 8. The molecule has 0 aromatic rings. The zero-order valence-electron chi connectivity index (χ0n) is 15.0. The molecule has 0 saturated heterocycles. The Hall–Kier alpha value is 0.0600. The van der Waals surface area contributed by atoms with Crippen LogP contribution in [0, 0.1) is 12.2 Å². The summed E-state index contributed by atoms with van der Waals surface area (Å²) in [4.78, 5) is 0. The molecule has 0 atom stereocenters. The van der Waals surface area contributed by atoms with Crippen LogP contribution in [0.1, 0.15) is 65.2 Å². The Morgan fingerprint density at radius 2 is 1.27 bits per heavy atom. The fourth-order valence-corrected chi connectivity index (χ4v) is 1.98. The Balaban J connectivity index is 0.000000326. The molecule has 0 aromatic heterocycles. The van der Waals surface area contributed by atoms with Crippen LogP contribution in [0.15, 0.2) is 35.5 Å². The van der Waals surface area contributed by atoms with E-state index in [9.17, 15) is 0 Å². The molecule has 0 aliphatic heterocycles. The van der Waals surface area contributed by atoms with Crippen LogP contribution < -0.4 is 0 Å². The van der Waals surface area contributed by atoms with Gasteiger partial charge in [0.05, 0.1) is 0 Å². The Morgan fingerprint density at radius 3 is 1.50 bits per heavy atom. The van der Waals surface area contributed by atoms with E-state index in [0.29, 0.717) is 0 Å². The first-order valence-electron chi connectivity index (χ1n) is 8.64. The first-order chi connectivity index (χ1) is 10.6. The Morgan fingerprint density at radius 1 is 0.909 bits per heavy atom. The zero-order valence-corrected chi connectivity index (χ0v) is 18.4. The molecule has 0 fully saturated rings. The van der Waals surface area contributed by atoms with Crippen molar-refractivity contribution in [2.45, 2.75) is 78.3 Å². The van der Waals surface area contributed by atoms with Crippen molar-refractivity contribution < 1.29 is 23.3 Å². The summed E-state index contributed by atoms with van der Waals surface area (Å²) < 4.78 is 0. The topological polar surface area (TPSA) is 0 Å². The maximum atomic E-state index is 3.30. The van der Waals surface area contributed by atoms with Crippen molar-refractivity contribution in [3.8, 4) is 0 Å². The molecule has 0 saturated carbocycles. The predicted molar refractivity (Wildman–Crippen MR) is 97.6 cm³/mol. The van der Waals surface area contributed by atoms with E-state index < -0.39 is 0 Å². The molecule has 0 radical (unpaired) electrons. The van der Waals surface area contributed by atoms with Crippen LogP contribution in [0.2, 0.25) is 13.1 Å². The molecule has 2 aliphatic carbocycles. The molecule has 22 heavy (non-hydrogen) atoms. The predicted octanol–water partition coefficient (Wildman–Crippen LogP) is 6.52. The molecular weight excluding hydrogens is 360 g/mol. The molecule has 2 heteroatoms. The van der Waals surface area contributed by atoms with E-state index >= 15 is 0 Å². The van der Waals surface area contributed by atoms with Crippen molar-refractivity contribution in [2.24, 2.45) is 0 Å². The van der Waals surface area contributed by atoms with Gasteiger partial charge in [-0.2, -0.15) is 12.2 Å². The fourth-order valence-electron chi connectivity index (χ4n) is 1.98. The standard InChI is InChI=1S/2C9H13.C2H6Si.Zr/c2*1-2-3-6-9-7-4-5-8-9;1-3-2;/h2*4,7H,2-3,5-6H2,1H3;1-2H3;/q2*-1;;+2.